The summed E-state index contributed by atoms with van der Waals surface area (Å²) in [6.45, 7) is 2.74. The molecular weight excluding hydrogens is 461 g/mol. The summed E-state index contributed by atoms with van der Waals surface area (Å²) in [5.41, 5.74) is 0.221. The van der Waals surface area contributed by atoms with Gasteiger partial charge in [-0.25, -0.2) is 9.97 Å². The minimum absolute atomic E-state index is 0.0190. The van der Waals surface area contributed by atoms with Crippen LogP contribution >= 0.6 is 0 Å². The highest BCUT2D eigenvalue weighted by molar-refractivity contribution is 6.02. The fourth-order valence-electron chi connectivity index (χ4n) is 4.76. The molecule has 8 nitrogen and oxygen atoms in total. The minimum atomic E-state index is -4.62. The molecule has 3 N–H and O–H groups in total. The van der Waals surface area contributed by atoms with Crippen molar-refractivity contribution in [1.29, 1.82) is 0 Å². The number of rotatable bonds is 5. The predicted octanol–water partition coefficient (Wildman–Crippen LogP) is 3.67. The summed E-state index contributed by atoms with van der Waals surface area (Å²) < 4.78 is 46.9. The third kappa shape index (κ3) is 4.83. The largest absolute Gasteiger partial charge is 0.419 e. The molecular formula is C24H27F3N6O2. The van der Waals surface area contributed by atoms with Crippen LogP contribution in [0.25, 0.3) is 22.2 Å². The van der Waals surface area contributed by atoms with Gasteiger partial charge in [-0.15, -0.1) is 0 Å². The number of hydrogen-bond acceptors (Lipinski definition) is 6. The number of aromatic amines is 1. The molecule has 2 aromatic heterocycles. The highest BCUT2D eigenvalue weighted by atomic mass is 19.4. The molecule has 2 aliphatic rings. The number of likely N-dealkylation sites (tertiary alicyclic amines) is 1. The van der Waals surface area contributed by atoms with E-state index in [0.29, 0.717) is 41.7 Å². The molecule has 11 heteroatoms. The van der Waals surface area contributed by atoms with E-state index in [9.17, 15) is 18.0 Å². The predicted molar refractivity (Wildman–Crippen MR) is 125 cm³/mol. The zero-order chi connectivity index (χ0) is 24.6. The average Bonchev–Trinajstić information content (AvgIpc) is 3.50. The Morgan fingerprint density at radius 1 is 1.29 bits per heavy atom. The summed E-state index contributed by atoms with van der Waals surface area (Å²) >= 11 is 0. The van der Waals surface area contributed by atoms with Crippen molar-refractivity contribution < 1.29 is 22.7 Å². The Bertz CT molecular complexity index is 1220. The van der Waals surface area contributed by atoms with Gasteiger partial charge in [-0.1, -0.05) is 6.07 Å². The van der Waals surface area contributed by atoms with Crippen molar-refractivity contribution in [3.63, 3.8) is 0 Å². The Labute approximate surface area is 200 Å². The summed E-state index contributed by atoms with van der Waals surface area (Å²) in [5.74, 6) is 0.0257. The number of benzene rings is 1. The second-order valence-electron chi connectivity index (χ2n) is 9.00. The van der Waals surface area contributed by atoms with Crippen molar-refractivity contribution in [2.75, 3.05) is 38.6 Å². The number of nitrogens with one attached hydrogen (secondary N) is 3. The van der Waals surface area contributed by atoms with Crippen LogP contribution in [0.15, 0.2) is 30.6 Å². The lowest BCUT2D eigenvalue weighted by Gasteiger charge is -2.24. The van der Waals surface area contributed by atoms with Gasteiger partial charge >= 0.3 is 6.18 Å². The van der Waals surface area contributed by atoms with E-state index in [1.807, 2.05) is 0 Å². The molecule has 3 aromatic rings. The highest BCUT2D eigenvalue weighted by Gasteiger charge is 2.36. The van der Waals surface area contributed by atoms with Crippen LogP contribution in [0.4, 0.5) is 19.1 Å². The quantitative estimate of drug-likeness (QED) is 0.507. The van der Waals surface area contributed by atoms with Crippen LogP contribution in [-0.2, 0) is 10.9 Å². The minimum Gasteiger partial charge on any atom is -0.380 e. The second-order valence-corrected chi connectivity index (χ2v) is 9.00. The first-order chi connectivity index (χ1) is 16.8. The maximum Gasteiger partial charge on any atom is 0.419 e. The zero-order valence-electron chi connectivity index (χ0n) is 19.3. The summed E-state index contributed by atoms with van der Waals surface area (Å²) in [6.07, 6.45) is 0.365. The molecule has 0 saturated carbocycles. The average molecular weight is 489 g/mol. The van der Waals surface area contributed by atoms with Gasteiger partial charge in [0.25, 0.3) is 5.91 Å². The lowest BCUT2D eigenvalue weighted by molar-refractivity contribution is -0.137. The van der Waals surface area contributed by atoms with Gasteiger partial charge in [0.05, 0.1) is 11.8 Å². The van der Waals surface area contributed by atoms with Gasteiger partial charge in [-0.3, -0.25) is 4.79 Å². The molecule has 2 fully saturated rings. The molecule has 2 aliphatic heterocycles. The second kappa shape index (κ2) is 9.46. The van der Waals surface area contributed by atoms with E-state index in [-0.39, 0.29) is 29.7 Å². The topological polar surface area (TPSA) is 95.2 Å². The Balaban J connectivity index is 1.47. The van der Waals surface area contributed by atoms with E-state index in [0.717, 1.165) is 32.0 Å². The van der Waals surface area contributed by atoms with Crippen LogP contribution in [-0.4, -0.2) is 71.2 Å². The monoisotopic (exact) mass is 488 g/mol. The van der Waals surface area contributed by atoms with Crippen LogP contribution in [0.2, 0.25) is 0 Å². The van der Waals surface area contributed by atoms with Crippen LogP contribution < -0.4 is 10.6 Å². The van der Waals surface area contributed by atoms with Crippen molar-refractivity contribution >= 4 is 22.8 Å². The molecule has 5 rings (SSSR count). The number of anilines is 1. The van der Waals surface area contributed by atoms with Crippen LogP contribution in [0.1, 0.15) is 35.2 Å². The van der Waals surface area contributed by atoms with Crippen molar-refractivity contribution in [1.82, 2.24) is 25.2 Å². The maximum absolute atomic E-state index is 13.9. The number of amides is 1. The third-order valence-corrected chi connectivity index (χ3v) is 6.67. The van der Waals surface area contributed by atoms with Crippen LogP contribution in [0, 0.1) is 0 Å². The number of carbonyl (C=O) groups excluding carboxylic acids is 1. The first kappa shape index (κ1) is 23.6. The summed E-state index contributed by atoms with van der Waals surface area (Å²) in [5, 5.41) is 6.96. The molecule has 0 spiro atoms. The molecule has 0 aliphatic carbocycles. The molecule has 186 valence electrons. The number of alkyl halides is 3. The number of methoxy groups -OCH3 is 1. The first-order valence-corrected chi connectivity index (χ1v) is 11.7. The number of carbonyl (C=O) groups is 1. The number of hydrogen-bond donors (Lipinski definition) is 3. The Morgan fingerprint density at radius 3 is 2.86 bits per heavy atom. The third-order valence-electron chi connectivity index (χ3n) is 6.67. The molecule has 0 bridgehead atoms. The van der Waals surface area contributed by atoms with Gasteiger partial charge in [0, 0.05) is 67.2 Å². The van der Waals surface area contributed by atoms with E-state index in [1.54, 1.807) is 30.2 Å². The fourth-order valence-corrected chi connectivity index (χ4v) is 4.76. The molecule has 0 radical (unpaired) electrons. The Hall–Kier alpha value is -3.18. The lowest BCUT2D eigenvalue weighted by atomic mass is 10.0. The SMILES string of the molecule is CO[C@H]1CCN(C(=O)c2ccc3c(-c4nc(N[C@H]5CCCNC5)ncc4C(F)(F)F)c[nH]c3c2)C1. The van der Waals surface area contributed by atoms with Gasteiger partial charge in [0.15, 0.2) is 0 Å². The molecule has 4 heterocycles. The molecule has 35 heavy (non-hydrogen) atoms. The standard InChI is InChI=1S/C24H27F3N6O2/c1-35-16-6-8-33(13-16)22(34)14-4-5-17-18(11-29-20(17)9-14)21-19(24(25,26)27)12-30-23(32-21)31-15-3-2-7-28-10-15/h4-5,9,11-12,15-16,28-29H,2-3,6-8,10,13H2,1H3,(H,30,31,32)/t15-,16-/m0/s1. The van der Waals surface area contributed by atoms with Gasteiger partial charge in [-0.05, 0) is 37.9 Å². The smallest absolute Gasteiger partial charge is 0.380 e. The number of ether oxygens (including phenoxy) is 1. The van der Waals surface area contributed by atoms with Crippen molar-refractivity contribution in [3.05, 3.63) is 41.7 Å². The van der Waals surface area contributed by atoms with Crippen molar-refractivity contribution in [2.45, 2.75) is 37.6 Å². The van der Waals surface area contributed by atoms with Gasteiger partial charge < -0.3 is 25.3 Å². The number of halogens is 3. The summed E-state index contributed by atoms with van der Waals surface area (Å²) in [7, 11) is 1.63. The van der Waals surface area contributed by atoms with Gasteiger partial charge in [-0.2, -0.15) is 13.2 Å². The molecule has 2 atom stereocenters. The van der Waals surface area contributed by atoms with Gasteiger partial charge in [0.1, 0.15) is 5.56 Å². The highest BCUT2D eigenvalue weighted by Crippen LogP contribution is 2.39. The Kier molecular flexibility index (Phi) is 6.37. The lowest BCUT2D eigenvalue weighted by Crippen LogP contribution is -2.38. The first-order valence-electron chi connectivity index (χ1n) is 11.7. The van der Waals surface area contributed by atoms with Crippen LogP contribution in [0.5, 0.6) is 0 Å². The molecule has 2 saturated heterocycles. The number of H-pyrrole nitrogens is 1. The number of piperidine rings is 1. The Morgan fingerprint density at radius 2 is 2.14 bits per heavy atom. The number of nitrogens with zero attached hydrogens (tertiary/aromatic N) is 3. The zero-order valence-corrected chi connectivity index (χ0v) is 19.3. The normalized spacial score (nSPS) is 21.0. The van der Waals surface area contributed by atoms with Crippen molar-refractivity contribution in [3.8, 4) is 11.3 Å². The summed E-state index contributed by atoms with van der Waals surface area (Å²) in [4.78, 5) is 25.9. The maximum atomic E-state index is 13.9. The van der Waals surface area contributed by atoms with E-state index in [1.165, 1.54) is 6.20 Å². The van der Waals surface area contributed by atoms with E-state index < -0.39 is 11.7 Å². The number of aromatic nitrogens is 3. The van der Waals surface area contributed by atoms with E-state index in [2.05, 4.69) is 25.6 Å². The fraction of sp³-hybridized carbons (Fsp3) is 0.458. The van der Waals surface area contributed by atoms with E-state index >= 15 is 0 Å². The summed E-state index contributed by atoms with van der Waals surface area (Å²) in [6, 6.07) is 5.03. The van der Waals surface area contributed by atoms with E-state index in [4.69, 9.17) is 4.74 Å². The molecule has 0 unspecified atom stereocenters. The molecule has 1 aromatic carbocycles. The number of fused-ring (bicyclic) bond motifs is 1. The van der Waals surface area contributed by atoms with Gasteiger partial charge in [0.2, 0.25) is 5.95 Å². The van der Waals surface area contributed by atoms with Crippen molar-refractivity contribution in [2.24, 2.45) is 0 Å². The molecule has 1 amide bonds. The van der Waals surface area contributed by atoms with Crippen LogP contribution in [0.3, 0.4) is 0 Å².